The summed E-state index contributed by atoms with van der Waals surface area (Å²) in [6.45, 7) is 5.99. The standard InChI is InChI=1S/C12H14ClN3O3/c1-12(2,3)19-6-9-14-15-10-8(13)4-7(11(17)18)5-16(9)10/h4-5H,6H2,1-3H3,(H,17,18). The van der Waals surface area contributed by atoms with Gasteiger partial charge in [-0.1, -0.05) is 11.6 Å². The van der Waals surface area contributed by atoms with Crippen LogP contribution in [0.3, 0.4) is 0 Å². The third-order valence-corrected chi connectivity index (χ3v) is 2.69. The highest BCUT2D eigenvalue weighted by Gasteiger charge is 2.16. The maximum Gasteiger partial charge on any atom is 0.337 e. The lowest BCUT2D eigenvalue weighted by Gasteiger charge is -2.18. The van der Waals surface area contributed by atoms with Gasteiger partial charge in [0.25, 0.3) is 0 Å². The van der Waals surface area contributed by atoms with Gasteiger partial charge in [0, 0.05) is 6.20 Å². The summed E-state index contributed by atoms with van der Waals surface area (Å²) in [6.07, 6.45) is 1.44. The van der Waals surface area contributed by atoms with Crippen molar-refractivity contribution in [2.75, 3.05) is 0 Å². The van der Waals surface area contributed by atoms with E-state index >= 15 is 0 Å². The minimum atomic E-state index is -1.06. The van der Waals surface area contributed by atoms with Crippen molar-refractivity contribution in [3.63, 3.8) is 0 Å². The zero-order valence-corrected chi connectivity index (χ0v) is 11.6. The van der Waals surface area contributed by atoms with Crippen LogP contribution in [0.5, 0.6) is 0 Å². The van der Waals surface area contributed by atoms with Gasteiger partial charge in [0.15, 0.2) is 11.5 Å². The van der Waals surface area contributed by atoms with Crippen LogP contribution >= 0.6 is 11.6 Å². The van der Waals surface area contributed by atoms with Crippen LogP contribution in [-0.2, 0) is 11.3 Å². The summed E-state index contributed by atoms with van der Waals surface area (Å²) in [4.78, 5) is 11.0. The second kappa shape index (κ2) is 4.79. The average Bonchev–Trinajstić information content (AvgIpc) is 2.69. The SMILES string of the molecule is CC(C)(C)OCc1nnc2c(Cl)cc(C(=O)O)cn12. The Hall–Kier alpha value is -1.66. The number of halogens is 1. The van der Waals surface area contributed by atoms with E-state index in [1.54, 1.807) is 0 Å². The molecule has 6 nitrogen and oxygen atoms in total. The van der Waals surface area contributed by atoms with Gasteiger partial charge in [-0.2, -0.15) is 0 Å². The predicted molar refractivity (Wildman–Crippen MR) is 69.5 cm³/mol. The van der Waals surface area contributed by atoms with Gasteiger partial charge in [-0.25, -0.2) is 4.79 Å². The zero-order chi connectivity index (χ0) is 14.2. The molecule has 2 heterocycles. The van der Waals surface area contributed by atoms with Gasteiger partial charge in [0.2, 0.25) is 0 Å². The lowest BCUT2D eigenvalue weighted by atomic mass is 10.2. The monoisotopic (exact) mass is 283 g/mol. The third-order valence-electron chi connectivity index (χ3n) is 2.41. The van der Waals surface area contributed by atoms with E-state index < -0.39 is 5.97 Å². The Morgan fingerprint density at radius 2 is 2.16 bits per heavy atom. The lowest BCUT2D eigenvalue weighted by Crippen LogP contribution is -2.19. The van der Waals surface area contributed by atoms with E-state index in [0.29, 0.717) is 11.5 Å². The zero-order valence-electron chi connectivity index (χ0n) is 10.8. The normalized spacial score (nSPS) is 12.0. The number of carboxylic acids is 1. The minimum absolute atomic E-state index is 0.0781. The van der Waals surface area contributed by atoms with Gasteiger partial charge in [-0.15, -0.1) is 10.2 Å². The van der Waals surface area contributed by atoms with Crippen LogP contribution in [0, 0.1) is 0 Å². The van der Waals surface area contributed by atoms with Gasteiger partial charge < -0.3 is 9.84 Å². The van der Waals surface area contributed by atoms with Crippen molar-refractivity contribution >= 4 is 23.2 Å². The molecule has 0 atom stereocenters. The van der Waals surface area contributed by atoms with Crippen molar-refractivity contribution < 1.29 is 14.6 Å². The van der Waals surface area contributed by atoms with Gasteiger partial charge >= 0.3 is 5.97 Å². The van der Waals surface area contributed by atoms with E-state index in [4.69, 9.17) is 21.4 Å². The van der Waals surface area contributed by atoms with Gasteiger partial charge in [-0.05, 0) is 26.8 Å². The molecule has 2 rings (SSSR count). The second-order valence-corrected chi connectivity index (χ2v) is 5.50. The first-order valence-corrected chi connectivity index (χ1v) is 6.06. The van der Waals surface area contributed by atoms with Gasteiger partial charge in [0.1, 0.15) is 6.61 Å². The van der Waals surface area contributed by atoms with Crippen molar-refractivity contribution in [2.24, 2.45) is 0 Å². The third kappa shape index (κ3) is 3.02. The maximum absolute atomic E-state index is 11.0. The Bertz CT molecular complexity index is 631. The van der Waals surface area contributed by atoms with E-state index in [0.717, 1.165) is 0 Å². The first-order chi connectivity index (χ1) is 8.78. The highest BCUT2D eigenvalue weighted by molar-refractivity contribution is 6.33. The van der Waals surface area contributed by atoms with Crippen LogP contribution in [0.4, 0.5) is 0 Å². The van der Waals surface area contributed by atoms with Crippen LogP contribution < -0.4 is 0 Å². The number of carbonyl (C=O) groups is 1. The lowest BCUT2D eigenvalue weighted by molar-refractivity contribution is -0.0184. The molecule has 0 fully saturated rings. The molecule has 0 aliphatic heterocycles. The number of hydrogen-bond donors (Lipinski definition) is 1. The number of fused-ring (bicyclic) bond motifs is 1. The van der Waals surface area contributed by atoms with Crippen LogP contribution in [0.1, 0.15) is 37.0 Å². The molecule has 0 aliphatic carbocycles. The molecule has 0 bridgehead atoms. The number of pyridine rings is 1. The Labute approximate surface area is 115 Å². The second-order valence-electron chi connectivity index (χ2n) is 5.09. The average molecular weight is 284 g/mol. The minimum Gasteiger partial charge on any atom is -0.478 e. The summed E-state index contributed by atoms with van der Waals surface area (Å²) in [6, 6.07) is 1.35. The van der Waals surface area contributed by atoms with Crippen LogP contribution in [-0.4, -0.2) is 31.3 Å². The van der Waals surface area contributed by atoms with E-state index in [2.05, 4.69) is 10.2 Å². The Morgan fingerprint density at radius 1 is 1.47 bits per heavy atom. The van der Waals surface area contributed by atoms with Crippen molar-refractivity contribution in [3.8, 4) is 0 Å². The van der Waals surface area contributed by atoms with E-state index in [1.165, 1.54) is 16.7 Å². The topological polar surface area (TPSA) is 76.7 Å². The maximum atomic E-state index is 11.0. The fraction of sp³-hybridized carbons (Fsp3) is 0.417. The summed E-state index contributed by atoms with van der Waals surface area (Å²) in [5.41, 5.74) is 0.175. The van der Waals surface area contributed by atoms with Crippen molar-refractivity contribution in [1.29, 1.82) is 0 Å². The van der Waals surface area contributed by atoms with E-state index in [9.17, 15) is 4.79 Å². The molecule has 0 saturated heterocycles. The molecular weight excluding hydrogens is 270 g/mol. The molecule has 0 aromatic carbocycles. The van der Waals surface area contributed by atoms with Crippen LogP contribution in [0.25, 0.3) is 5.65 Å². The molecule has 7 heteroatoms. The number of aromatic carboxylic acids is 1. The number of nitrogens with zero attached hydrogens (tertiary/aromatic N) is 3. The Kier molecular flexibility index (Phi) is 3.47. The number of carboxylic acid groups (broad SMARTS) is 1. The summed E-state index contributed by atoms with van der Waals surface area (Å²) in [7, 11) is 0. The van der Waals surface area contributed by atoms with E-state index in [-0.39, 0.29) is 22.8 Å². The smallest absolute Gasteiger partial charge is 0.337 e. The molecule has 0 unspecified atom stereocenters. The van der Waals surface area contributed by atoms with Crippen molar-refractivity contribution in [2.45, 2.75) is 33.0 Å². The molecule has 0 saturated carbocycles. The van der Waals surface area contributed by atoms with Crippen LogP contribution in [0.2, 0.25) is 5.02 Å². The molecule has 102 valence electrons. The van der Waals surface area contributed by atoms with Crippen molar-refractivity contribution in [3.05, 3.63) is 28.7 Å². The molecular formula is C12H14ClN3O3. The Balaban J connectivity index is 2.43. The summed E-state index contributed by atoms with van der Waals surface area (Å²) < 4.78 is 7.15. The summed E-state index contributed by atoms with van der Waals surface area (Å²) in [5, 5.41) is 17.2. The predicted octanol–water partition coefficient (Wildman–Crippen LogP) is 2.40. The molecule has 2 aromatic heterocycles. The van der Waals surface area contributed by atoms with E-state index in [1.807, 2.05) is 20.8 Å². The molecule has 2 aromatic rings. The molecule has 0 aliphatic rings. The highest BCUT2D eigenvalue weighted by Crippen LogP contribution is 2.20. The number of ether oxygens (including phenoxy) is 1. The highest BCUT2D eigenvalue weighted by atomic mass is 35.5. The molecule has 0 radical (unpaired) electrons. The first kappa shape index (κ1) is 13.8. The molecule has 19 heavy (non-hydrogen) atoms. The number of hydrogen-bond acceptors (Lipinski definition) is 4. The number of rotatable bonds is 3. The fourth-order valence-electron chi connectivity index (χ4n) is 1.50. The molecule has 0 spiro atoms. The van der Waals surface area contributed by atoms with Gasteiger partial charge in [0.05, 0.1) is 16.2 Å². The van der Waals surface area contributed by atoms with Crippen LogP contribution in [0.15, 0.2) is 12.3 Å². The Morgan fingerprint density at radius 3 is 2.74 bits per heavy atom. The first-order valence-electron chi connectivity index (χ1n) is 5.68. The van der Waals surface area contributed by atoms with Gasteiger partial charge in [-0.3, -0.25) is 4.40 Å². The fourth-order valence-corrected chi connectivity index (χ4v) is 1.74. The van der Waals surface area contributed by atoms with Crippen molar-refractivity contribution in [1.82, 2.24) is 14.6 Å². The molecule has 1 N–H and O–H groups in total. The summed E-state index contributed by atoms with van der Waals surface area (Å²) >= 11 is 5.98. The number of aromatic nitrogens is 3. The molecule has 0 amide bonds. The quantitative estimate of drug-likeness (QED) is 0.936. The largest absolute Gasteiger partial charge is 0.478 e. The summed E-state index contributed by atoms with van der Waals surface area (Å²) in [5.74, 6) is -0.546.